The van der Waals surface area contributed by atoms with Gasteiger partial charge in [0.15, 0.2) is 0 Å². The third-order valence-corrected chi connectivity index (χ3v) is 1.62. The Labute approximate surface area is 79.5 Å². The van der Waals surface area contributed by atoms with Gasteiger partial charge in [0.1, 0.15) is 0 Å². The van der Waals surface area contributed by atoms with Gasteiger partial charge in [0.2, 0.25) is 5.91 Å². The second kappa shape index (κ2) is 4.07. The predicted molar refractivity (Wildman–Crippen MR) is 52.2 cm³/mol. The summed E-state index contributed by atoms with van der Waals surface area (Å²) in [4.78, 5) is 10.7. The normalized spacial score (nSPS) is 13.0. The van der Waals surface area contributed by atoms with E-state index in [1.165, 1.54) is 0 Å². The molecule has 0 saturated heterocycles. The van der Waals surface area contributed by atoms with E-state index in [9.17, 15) is 9.90 Å². The number of β-amino-alcohol motifs (C(OH)–C–C–N with tert-alkyl or cyclic N) is 1. The fraction of sp³-hybridized carbons (Fsp3) is 0.889. The van der Waals surface area contributed by atoms with Crippen LogP contribution in [0.2, 0.25) is 0 Å². The van der Waals surface area contributed by atoms with Crippen LogP contribution in [0.25, 0.3) is 0 Å². The standard InChI is InChI=1S/C9H20N2O2/c1-8(2,5-7(10)12)11-6-9(3,4)13/h11,13H,5-6H2,1-4H3,(H2,10,12). The van der Waals surface area contributed by atoms with Crippen LogP contribution >= 0.6 is 0 Å². The quantitative estimate of drug-likeness (QED) is 0.568. The van der Waals surface area contributed by atoms with Crippen LogP contribution in [0.15, 0.2) is 0 Å². The summed E-state index contributed by atoms with van der Waals surface area (Å²) in [5.74, 6) is -0.340. The second-order valence-electron chi connectivity index (χ2n) is 4.69. The molecule has 1 amide bonds. The van der Waals surface area contributed by atoms with Gasteiger partial charge in [-0.2, -0.15) is 0 Å². The lowest BCUT2D eigenvalue weighted by molar-refractivity contribution is -0.119. The van der Waals surface area contributed by atoms with Gasteiger partial charge in [0, 0.05) is 18.5 Å². The van der Waals surface area contributed by atoms with Gasteiger partial charge in [-0.25, -0.2) is 0 Å². The molecule has 0 aromatic rings. The lowest BCUT2D eigenvalue weighted by atomic mass is 9.98. The van der Waals surface area contributed by atoms with Crippen molar-refractivity contribution >= 4 is 5.91 Å². The number of aliphatic hydroxyl groups is 1. The minimum atomic E-state index is -0.769. The number of nitrogens with one attached hydrogen (secondary N) is 1. The van der Waals surface area contributed by atoms with Crippen molar-refractivity contribution < 1.29 is 9.90 Å². The van der Waals surface area contributed by atoms with E-state index >= 15 is 0 Å². The van der Waals surface area contributed by atoms with Gasteiger partial charge in [0.05, 0.1) is 5.60 Å². The maximum atomic E-state index is 10.7. The van der Waals surface area contributed by atoms with Crippen molar-refractivity contribution in [3.8, 4) is 0 Å². The van der Waals surface area contributed by atoms with E-state index in [-0.39, 0.29) is 17.9 Å². The Hall–Kier alpha value is -0.610. The molecule has 0 heterocycles. The van der Waals surface area contributed by atoms with Crippen molar-refractivity contribution in [2.45, 2.75) is 45.3 Å². The maximum Gasteiger partial charge on any atom is 0.219 e. The Balaban J connectivity index is 3.96. The van der Waals surface area contributed by atoms with Crippen LogP contribution in [-0.2, 0) is 4.79 Å². The monoisotopic (exact) mass is 188 g/mol. The molecule has 4 nitrogen and oxygen atoms in total. The first-order valence-electron chi connectivity index (χ1n) is 4.38. The van der Waals surface area contributed by atoms with Crippen molar-refractivity contribution in [2.24, 2.45) is 5.73 Å². The third-order valence-electron chi connectivity index (χ3n) is 1.62. The van der Waals surface area contributed by atoms with Gasteiger partial charge in [-0.05, 0) is 27.7 Å². The molecular formula is C9H20N2O2. The zero-order valence-electron chi connectivity index (χ0n) is 8.85. The summed E-state index contributed by atoms with van der Waals surface area (Å²) in [6.07, 6.45) is 0.267. The summed E-state index contributed by atoms with van der Waals surface area (Å²) in [7, 11) is 0. The Morgan fingerprint density at radius 1 is 1.38 bits per heavy atom. The molecule has 0 fully saturated rings. The molecule has 78 valence electrons. The molecule has 0 aliphatic carbocycles. The Bertz CT molecular complexity index is 183. The topological polar surface area (TPSA) is 75.3 Å². The van der Waals surface area contributed by atoms with E-state index in [0.29, 0.717) is 6.54 Å². The van der Waals surface area contributed by atoms with Crippen LogP contribution < -0.4 is 11.1 Å². The lowest BCUT2D eigenvalue weighted by Gasteiger charge is -2.29. The molecule has 0 rings (SSSR count). The van der Waals surface area contributed by atoms with Gasteiger partial charge in [-0.1, -0.05) is 0 Å². The first-order valence-corrected chi connectivity index (χ1v) is 4.38. The Morgan fingerprint density at radius 3 is 2.15 bits per heavy atom. The molecule has 0 bridgehead atoms. The van der Waals surface area contributed by atoms with Gasteiger partial charge in [-0.3, -0.25) is 4.79 Å². The smallest absolute Gasteiger partial charge is 0.219 e. The predicted octanol–water partition coefficient (Wildman–Crippen LogP) is 0.000900. The summed E-state index contributed by atoms with van der Waals surface area (Å²) in [5, 5.41) is 12.5. The van der Waals surface area contributed by atoms with Gasteiger partial charge in [0.25, 0.3) is 0 Å². The fourth-order valence-corrected chi connectivity index (χ4v) is 0.954. The summed E-state index contributed by atoms with van der Waals surface area (Å²) in [6, 6.07) is 0. The lowest BCUT2D eigenvalue weighted by Crippen LogP contribution is -2.48. The number of carbonyl (C=O) groups is 1. The Morgan fingerprint density at radius 2 is 1.85 bits per heavy atom. The van der Waals surface area contributed by atoms with E-state index in [4.69, 9.17) is 5.73 Å². The molecule has 13 heavy (non-hydrogen) atoms. The molecule has 0 aromatic heterocycles. The fourth-order valence-electron chi connectivity index (χ4n) is 0.954. The molecule has 4 N–H and O–H groups in total. The average molecular weight is 188 g/mol. The molecule has 0 unspecified atom stereocenters. The van der Waals surface area contributed by atoms with E-state index in [0.717, 1.165) is 0 Å². The Kier molecular flexibility index (Phi) is 3.88. The van der Waals surface area contributed by atoms with Gasteiger partial charge < -0.3 is 16.2 Å². The van der Waals surface area contributed by atoms with Crippen LogP contribution in [0.3, 0.4) is 0 Å². The van der Waals surface area contributed by atoms with Crippen molar-refractivity contribution in [3.05, 3.63) is 0 Å². The van der Waals surface area contributed by atoms with Gasteiger partial charge >= 0.3 is 0 Å². The highest BCUT2D eigenvalue weighted by Gasteiger charge is 2.23. The zero-order chi connectivity index (χ0) is 10.7. The zero-order valence-corrected chi connectivity index (χ0v) is 8.85. The van der Waals surface area contributed by atoms with Crippen LogP contribution in [0.5, 0.6) is 0 Å². The highest BCUT2D eigenvalue weighted by atomic mass is 16.3. The molecule has 0 atom stereocenters. The van der Waals surface area contributed by atoms with Crippen LogP contribution in [0.1, 0.15) is 34.1 Å². The van der Waals surface area contributed by atoms with E-state index in [1.807, 2.05) is 13.8 Å². The molecule has 0 saturated carbocycles. The largest absolute Gasteiger partial charge is 0.389 e. The highest BCUT2D eigenvalue weighted by Crippen LogP contribution is 2.09. The second-order valence-corrected chi connectivity index (χ2v) is 4.69. The number of rotatable bonds is 5. The first-order chi connectivity index (χ1) is 5.62. The molecule has 0 aliphatic heterocycles. The van der Waals surface area contributed by atoms with Crippen molar-refractivity contribution in [1.82, 2.24) is 5.32 Å². The summed E-state index contributed by atoms with van der Waals surface area (Å²) in [6.45, 7) is 7.61. The van der Waals surface area contributed by atoms with Crippen LogP contribution in [0, 0.1) is 0 Å². The molecule has 0 spiro atoms. The minimum Gasteiger partial charge on any atom is -0.389 e. The van der Waals surface area contributed by atoms with Crippen molar-refractivity contribution in [2.75, 3.05) is 6.54 Å². The van der Waals surface area contributed by atoms with Crippen molar-refractivity contribution in [3.63, 3.8) is 0 Å². The van der Waals surface area contributed by atoms with E-state index < -0.39 is 5.60 Å². The number of hydrogen-bond donors (Lipinski definition) is 3. The summed E-state index contributed by atoms with van der Waals surface area (Å²) in [5.41, 5.74) is 3.95. The van der Waals surface area contributed by atoms with E-state index in [1.54, 1.807) is 13.8 Å². The number of primary amides is 1. The average Bonchev–Trinajstić information content (AvgIpc) is 1.79. The molecule has 0 aliphatic rings. The first kappa shape index (κ1) is 12.4. The van der Waals surface area contributed by atoms with E-state index in [2.05, 4.69) is 5.32 Å². The van der Waals surface area contributed by atoms with Crippen LogP contribution in [-0.4, -0.2) is 28.7 Å². The molecule has 0 radical (unpaired) electrons. The number of nitrogens with two attached hydrogens (primary N) is 1. The molecule has 0 aromatic carbocycles. The number of hydrogen-bond acceptors (Lipinski definition) is 3. The third kappa shape index (κ3) is 7.74. The van der Waals surface area contributed by atoms with Crippen molar-refractivity contribution in [1.29, 1.82) is 0 Å². The van der Waals surface area contributed by atoms with Crippen LogP contribution in [0.4, 0.5) is 0 Å². The summed E-state index contributed by atoms with van der Waals surface area (Å²) >= 11 is 0. The molecular weight excluding hydrogens is 168 g/mol. The minimum absolute atomic E-state index is 0.267. The number of carbonyl (C=O) groups excluding carboxylic acids is 1. The van der Waals surface area contributed by atoms with Gasteiger partial charge in [-0.15, -0.1) is 0 Å². The molecule has 4 heteroatoms. The highest BCUT2D eigenvalue weighted by molar-refractivity contribution is 5.74. The maximum absolute atomic E-state index is 10.7. The summed E-state index contributed by atoms with van der Waals surface area (Å²) < 4.78 is 0. The number of amides is 1. The SMILES string of the molecule is CC(C)(O)CNC(C)(C)CC(N)=O.